The van der Waals surface area contributed by atoms with E-state index in [1.807, 2.05) is 49.4 Å². The van der Waals surface area contributed by atoms with Gasteiger partial charge in [0.05, 0.1) is 16.8 Å². The highest BCUT2D eigenvalue weighted by Gasteiger charge is 2.13. The van der Waals surface area contributed by atoms with Crippen LogP contribution >= 0.6 is 0 Å². The number of carbonyl (C=O) groups is 1. The molecule has 1 amide bonds. The fourth-order valence-electron chi connectivity index (χ4n) is 2.57. The number of fused-ring (bicyclic) bond motifs is 1. The number of nitrogens with zero attached hydrogens (tertiary/aromatic N) is 1. The molecule has 3 nitrogen and oxygen atoms in total. The van der Waals surface area contributed by atoms with Gasteiger partial charge in [-0.15, -0.1) is 0 Å². The molecule has 0 atom stereocenters. The standard InChI is InChI=1S/C19H18N2O/c1-3-20-19(22)16-12-18(14-8-6-7-13(2)11-14)21-17-10-5-4-9-15(16)17/h4-12H,3H2,1-2H3,(H,20,22). The number of rotatable bonds is 3. The zero-order valence-electron chi connectivity index (χ0n) is 12.8. The van der Waals surface area contributed by atoms with E-state index < -0.39 is 0 Å². The Kier molecular flexibility index (Phi) is 3.88. The predicted octanol–water partition coefficient (Wildman–Crippen LogP) is 3.96. The van der Waals surface area contributed by atoms with E-state index in [0.29, 0.717) is 12.1 Å². The van der Waals surface area contributed by atoms with Gasteiger partial charge in [-0.1, -0.05) is 42.0 Å². The van der Waals surface area contributed by atoms with Crippen LogP contribution in [0.4, 0.5) is 0 Å². The Bertz CT molecular complexity index is 840. The number of amides is 1. The molecule has 22 heavy (non-hydrogen) atoms. The van der Waals surface area contributed by atoms with Crippen LogP contribution in [-0.2, 0) is 0 Å². The van der Waals surface area contributed by atoms with Gasteiger partial charge in [0.2, 0.25) is 0 Å². The lowest BCUT2D eigenvalue weighted by atomic mass is 10.0. The van der Waals surface area contributed by atoms with Crippen LogP contribution in [0.1, 0.15) is 22.8 Å². The number of nitrogens with one attached hydrogen (secondary N) is 1. The van der Waals surface area contributed by atoms with Crippen molar-refractivity contribution >= 4 is 16.8 Å². The predicted molar refractivity (Wildman–Crippen MR) is 89.9 cm³/mol. The molecule has 0 unspecified atom stereocenters. The Labute approximate surface area is 130 Å². The molecule has 1 N–H and O–H groups in total. The van der Waals surface area contributed by atoms with E-state index in [2.05, 4.69) is 24.4 Å². The molecule has 0 spiro atoms. The monoisotopic (exact) mass is 290 g/mol. The Morgan fingerprint density at radius 1 is 1.09 bits per heavy atom. The number of pyridine rings is 1. The fraction of sp³-hybridized carbons (Fsp3) is 0.158. The van der Waals surface area contributed by atoms with E-state index in [4.69, 9.17) is 4.98 Å². The maximum absolute atomic E-state index is 12.4. The van der Waals surface area contributed by atoms with Gasteiger partial charge >= 0.3 is 0 Å². The summed E-state index contributed by atoms with van der Waals surface area (Å²) in [6, 6.07) is 17.8. The van der Waals surface area contributed by atoms with Crippen LogP contribution in [0, 0.1) is 6.92 Å². The molecule has 3 heteroatoms. The molecule has 0 saturated carbocycles. The molecule has 0 aliphatic heterocycles. The molecule has 3 rings (SSSR count). The zero-order valence-corrected chi connectivity index (χ0v) is 12.8. The quantitative estimate of drug-likeness (QED) is 0.793. The van der Waals surface area contributed by atoms with Crippen molar-refractivity contribution in [1.29, 1.82) is 0 Å². The van der Waals surface area contributed by atoms with Gasteiger partial charge < -0.3 is 5.32 Å². The first-order valence-electron chi connectivity index (χ1n) is 7.44. The highest BCUT2D eigenvalue weighted by Crippen LogP contribution is 2.25. The van der Waals surface area contributed by atoms with E-state index in [9.17, 15) is 4.79 Å². The van der Waals surface area contributed by atoms with Gasteiger partial charge in [0.1, 0.15) is 0 Å². The largest absolute Gasteiger partial charge is 0.352 e. The van der Waals surface area contributed by atoms with Crippen LogP contribution in [0.3, 0.4) is 0 Å². The zero-order chi connectivity index (χ0) is 15.5. The molecule has 0 aliphatic carbocycles. The van der Waals surface area contributed by atoms with Gasteiger partial charge in [-0.25, -0.2) is 4.98 Å². The number of aromatic nitrogens is 1. The van der Waals surface area contributed by atoms with Gasteiger partial charge in [-0.05, 0) is 32.0 Å². The smallest absolute Gasteiger partial charge is 0.252 e. The van der Waals surface area contributed by atoms with Crippen molar-refractivity contribution in [2.45, 2.75) is 13.8 Å². The molecule has 1 aromatic heterocycles. The minimum atomic E-state index is -0.0602. The molecule has 0 fully saturated rings. The third kappa shape index (κ3) is 2.70. The first-order chi connectivity index (χ1) is 10.7. The minimum absolute atomic E-state index is 0.0602. The lowest BCUT2D eigenvalue weighted by Crippen LogP contribution is -2.23. The van der Waals surface area contributed by atoms with E-state index >= 15 is 0 Å². The summed E-state index contributed by atoms with van der Waals surface area (Å²) in [5, 5.41) is 3.76. The van der Waals surface area contributed by atoms with Crippen LogP contribution in [0.15, 0.2) is 54.6 Å². The summed E-state index contributed by atoms with van der Waals surface area (Å²) in [6.07, 6.45) is 0. The summed E-state index contributed by atoms with van der Waals surface area (Å²) in [4.78, 5) is 17.1. The average molecular weight is 290 g/mol. The highest BCUT2D eigenvalue weighted by atomic mass is 16.1. The summed E-state index contributed by atoms with van der Waals surface area (Å²) in [7, 11) is 0. The van der Waals surface area contributed by atoms with Crippen molar-refractivity contribution in [3.63, 3.8) is 0 Å². The molecule has 2 aromatic carbocycles. The Morgan fingerprint density at radius 3 is 2.68 bits per heavy atom. The first-order valence-corrected chi connectivity index (χ1v) is 7.44. The van der Waals surface area contributed by atoms with Crippen LogP contribution in [-0.4, -0.2) is 17.4 Å². The summed E-state index contributed by atoms with van der Waals surface area (Å²) in [5.41, 5.74) is 4.53. The van der Waals surface area contributed by atoms with Crippen molar-refractivity contribution in [3.05, 3.63) is 65.7 Å². The topological polar surface area (TPSA) is 42.0 Å². The molecule has 0 radical (unpaired) electrons. The molecule has 0 saturated heterocycles. The third-order valence-corrected chi connectivity index (χ3v) is 3.61. The van der Waals surface area contributed by atoms with Crippen LogP contribution < -0.4 is 5.32 Å². The molecule has 0 aliphatic rings. The van der Waals surface area contributed by atoms with E-state index in [1.54, 1.807) is 0 Å². The Balaban J connectivity index is 2.22. The Hall–Kier alpha value is -2.68. The van der Waals surface area contributed by atoms with Crippen molar-refractivity contribution in [3.8, 4) is 11.3 Å². The van der Waals surface area contributed by atoms with Crippen molar-refractivity contribution < 1.29 is 4.79 Å². The SMILES string of the molecule is CCNC(=O)c1cc(-c2cccc(C)c2)nc2ccccc12. The fourth-order valence-corrected chi connectivity index (χ4v) is 2.57. The Morgan fingerprint density at radius 2 is 1.91 bits per heavy atom. The van der Waals surface area contributed by atoms with Gasteiger partial charge in [0, 0.05) is 17.5 Å². The second-order valence-corrected chi connectivity index (χ2v) is 5.30. The van der Waals surface area contributed by atoms with Crippen LogP contribution in [0.5, 0.6) is 0 Å². The minimum Gasteiger partial charge on any atom is -0.352 e. The maximum atomic E-state index is 12.4. The lowest BCUT2D eigenvalue weighted by molar-refractivity contribution is 0.0957. The maximum Gasteiger partial charge on any atom is 0.252 e. The average Bonchev–Trinajstić information content (AvgIpc) is 2.54. The molecule has 0 bridgehead atoms. The number of benzene rings is 2. The normalized spacial score (nSPS) is 10.6. The van der Waals surface area contributed by atoms with Crippen molar-refractivity contribution in [2.24, 2.45) is 0 Å². The van der Waals surface area contributed by atoms with Crippen LogP contribution in [0.2, 0.25) is 0 Å². The number of aryl methyl sites for hydroxylation is 1. The van der Waals surface area contributed by atoms with E-state index in [0.717, 1.165) is 22.2 Å². The summed E-state index contributed by atoms with van der Waals surface area (Å²) in [5.74, 6) is -0.0602. The molecule has 3 aromatic rings. The number of hydrogen-bond acceptors (Lipinski definition) is 2. The lowest BCUT2D eigenvalue weighted by Gasteiger charge is -2.10. The molecule has 1 heterocycles. The summed E-state index contributed by atoms with van der Waals surface area (Å²) in [6.45, 7) is 4.58. The van der Waals surface area contributed by atoms with Gasteiger partial charge in [-0.2, -0.15) is 0 Å². The van der Waals surface area contributed by atoms with E-state index in [1.165, 1.54) is 5.56 Å². The number of hydrogen-bond donors (Lipinski definition) is 1. The van der Waals surface area contributed by atoms with Crippen molar-refractivity contribution in [1.82, 2.24) is 10.3 Å². The van der Waals surface area contributed by atoms with Gasteiger partial charge in [-0.3, -0.25) is 4.79 Å². The van der Waals surface area contributed by atoms with Gasteiger partial charge in [0.15, 0.2) is 0 Å². The van der Waals surface area contributed by atoms with Gasteiger partial charge in [0.25, 0.3) is 5.91 Å². The summed E-state index contributed by atoms with van der Waals surface area (Å²) < 4.78 is 0. The molecule has 110 valence electrons. The number of carbonyl (C=O) groups excluding carboxylic acids is 1. The third-order valence-electron chi connectivity index (χ3n) is 3.61. The number of para-hydroxylation sites is 1. The first kappa shape index (κ1) is 14.3. The highest BCUT2D eigenvalue weighted by molar-refractivity contribution is 6.07. The van der Waals surface area contributed by atoms with Crippen molar-refractivity contribution in [2.75, 3.05) is 6.54 Å². The second kappa shape index (κ2) is 5.98. The summed E-state index contributed by atoms with van der Waals surface area (Å²) >= 11 is 0. The van der Waals surface area contributed by atoms with E-state index in [-0.39, 0.29) is 5.91 Å². The van der Waals surface area contributed by atoms with Crippen LogP contribution in [0.25, 0.3) is 22.2 Å². The molecular weight excluding hydrogens is 272 g/mol. The second-order valence-electron chi connectivity index (χ2n) is 5.30. The molecular formula is C19H18N2O.